The van der Waals surface area contributed by atoms with Gasteiger partial charge in [0.05, 0.1) is 10.6 Å². The molecule has 6 nitrogen and oxygen atoms in total. The van der Waals surface area contributed by atoms with Crippen molar-refractivity contribution in [2.75, 3.05) is 43.6 Å². The summed E-state index contributed by atoms with van der Waals surface area (Å²) in [5, 5.41) is 0. The largest absolute Gasteiger partial charge is 0.339 e. The van der Waals surface area contributed by atoms with Crippen LogP contribution in [0.25, 0.3) is 6.08 Å². The number of carbonyl (C=O) groups is 1. The Morgan fingerprint density at radius 3 is 2.09 bits per heavy atom. The van der Waals surface area contributed by atoms with Gasteiger partial charge in [-0.05, 0) is 64.6 Å². The van der Waals surface area contributed by atoms with Gasteiger partial charge in [0, 0.05) is 36.3 Å². The number of hydrogen-bond donors (Lipinski definition) is 0. The van der Waals surface area contributed by atoms with Gasteiger partial charge >= 0.3 is 0 Å². The SMILES string of the molecule is O=C(CN(c1ccc(I)cc1)S(=O)(=O)c1ccccc1)N1CCN(C/C=C/c2ccccc2)CC1. The van der Waals surface area contributed by atoms with Crippen molar-refractivity contribution in [3.8, 4) is 0 Å². The number of amides is 1. The number of piperazine rings is 1. The summed E-state index contributed by atoms with van der Waals surface area (Å²) in [5.41, 5.74) is 1.64. The second kappa shape index (κ2) is 11.8. The Balaban J connectivity index is 1.41. The Kier molecular flexibility index (Phi) is 8.59. The van der Waals surface area contributed by atoms with Gasteiger partial charge in [0.15, 0.2) is 0 Å². The van der Waals surface area contributed by atoms with Crippen molar-refractivity contribution in [2.24, 2.45) is 0 Å². The molecule has 0 spiro atoms. The molecule has 1 aliphatic heterocycles. The van der Waals surface area contributed by atoms with Gasteiger partial charge in [-0.15, -0.1) is 0 Å². The van der Waals surface area contributed by atoms with Crippen molar-refractivity contribution in [1.29, 1.82) is 0 Å². The van der Waals surface area contributed by atoms with Crippen LogP contribution in [0.1, 0.15) is 5.56 Å². The lowest BCUT2D eigenvalue weighted by Gasteiger charge is -2.35. The number of nitrogens with zero attached hydrogens (tertiary/aromatic N) is 3. The first-order chi connectivity index (χ1) is 16.9. The lowest BCUT2D eigenvalue weighted by atomic mass is 10.2. The van der Waals surface area contributed by atoms with E-state index in [4.69, 9.17) is 0 Å². The second-order valence-corrected chi connectivity index (χ2v) is 11.4. The molecule has 8 heteroatoms. The Morgan fingerprint density at radius 2 is 1.46 bits per heavy atom. The van der Waals surface area contributed by atoms with E-state index < -0.39 is 10.0 Å². The molecule has 0 N–H and O–H groups in total. The number of hydrogen-bond acceptors (Lipinski definition) is 4. The predicted molar refractivity (Wildman–Crippen MR) is 149 cm³/mol. The van der Waals surface area contributed by atoms with Crippen LogP contribution in [0.3, 0.4) is 0 Å². The number of halogens is 1. The molecule has 0 aromatic heterocycles. The standard InChI is InChI=1S/C27H28IN3O3S/c28-24-13-15-25(16-14-24)31(35(33,34)26-11-5-2-6-12-26)22-27(32)30-20-18-29(19-21-30)17-7-10-23-8-3-1-4-9-23/h1-16H,17-22H2/b10-7+. The topological polar surface area (TPSA) is 60.9 Å². The summed E-state index contributed by atoms with van der Waals surface area (Å²) in [7, 11) is -3.89. The summed E-state index contributed by atoms with van der Waals surface area (Å²) in [4.78, 5) is 17.4. The monoisotopic (exact) mass is 601 g/mol. The normalized spacial score (nSPS) is 14.8. The maximum Gasteiger partial charge on any atom is 0.264 e. The number of benzene rings is 3. The fourth-order valence-electron chi connectivity index (χ4n) is 3.95. The molecule has 1 saturated heterocycles. The highest BCUT2D eigenvalue weighted by Gasteiger charge is 2.30. The lowest BCUT2D eigenvalue weighted by molar-refractivity contribution is -0.131. The Labute approximate surface area is 221 Å². The Hall–Kier alpha value is -2.69. The van der Waals surface area contributed by atoms with Gasteiger partial charge in [-0.3, -0.25) is 14.0 Å². The van der Waals surface area contributed by atoms with Gasteiger partial charge < -0.3 is 4.90 Å². The zero-order valence-corrected chi connectivity index (χ0v) is 22.3. The molecule has 0 bridgehead atoms. The fourth-order valence-corrected chi connectivity index (χ4v) is 5.74. The van der Waals surface area contributed by atoms with E-state index in [2.05, 4.69) is 51.8 Å². The summed E-state index contributed by atoms with van der Waals surface area (Å²) in [6, 6.07) is 25.6. The van der Waals surface area contributed by atoms with Crippen LogP contribution < -0.4 is 4.31 Å². The summed E-state index contributed by atoms with van der Waals surface area (Å²) >= 11 is 2.17. The molecule has 0 saturated carbocycles. The van der Waals surface area contributed by atoms with Gasteiger partial charge in [-0.1, -0.05) is 60.7 Å². The van der Waals surface area contributed by atoms with Gasteiger partial charge in [-0.2, -0.15) is 0 Å². The van der Waals surface area contributed by atoms with Crippen LogP contribution in [-0.4, -0.2) is 63.4 Å². The average molecular weight is 602 g/mol. The molecule has 182 valence electrons. The fraction of sp³-hybridized carbons (Fsp3) is 0.222. The molecule has 0 radical (unpaired) electrons. The number of anilines is 1. The summed E-state index contributed by atoms with van der Waals surface area (Å²) in [5.74, 6) is -0.192. The van der Waals surface area contributed by atoms with Crippen LogP contribution >= 0.6 is 22.6 Å². The highest BCUT2D eigenvalue weighted by atomic mass is 127. The molecule has 1 aliphatic rings. The second-order valence-electron chi connectivity index (χ2n) is 8.30. The predicted octanol–water partition coefficient (Wildman–Crippen LogP) is 4.34. The van der Waals surface area contributed by atoms with Crippen LogP contribution in [0.4, 0.5) is 5.69 Å². The van der Waals surface area contributed by atoms with Gasteiger partial charge in [0.1, 0.15) is 6.54 Å². The highest BCUT2D eigenvalue weighted by Crippen LogP contribution is 2.25. The van der Waals surface area contributed by atoms with Gasteiger partial charge in [0.25, 0.3) is 10.0 Å². The third kappa shape index (κ3) is 6.71. The third-order valence-corrected chi connectivity index (χ3v) is 8.43. The summed E-state index contributed by atoms with van der Waals surface area (Å²) < 4.78 is 29.1. The van der Waals surface area contributed by atoms with Crippen LogP contribution in [0.2, 0.25) is 0 Å². The molecule has 3 aromatic carbocycles. The van der Waals surface area contributed by atoms with E-state index in [9.17, 15) is 13.2 Å². The minimum Gasteiger partial charge on any atom is -0.339 e. The molecule has 1 fully saturated rings. The highest BCUT2D eigenvalue weighted by molar-refractivity contribution is 14.1. The van der Waals surface area contributed by atoms with Crippen molar-refractivity contribution in [1.82, 2.24) is 9.80 Å². The van der Waals surface area contributed by atoms with E-state index in [-0.39, 0.29) is 17.3 Å². The molecule has 3 aromatic rings. The first-order valence-electron chi connectivity index (χ1n) is 11.5. The molecule has 1 amide bonds. The molecular weight excluding hydrogens is 573 g/mol. The van der Waals surface area contributed by atoms with Crippen molar-refractivity contribution < 1.29 is 13.2 Å². The number of rotatable bonds is 8. The van der Waals surface area contributed by atoms with Gasteiger partial charge in [0.2, 0.25) is 5.91 Å². The molecule has 1 heterocycles. The van der Waals surface area contributed by atoms with Crippen molar-refractivity contribution in [2.45, 2.75) is 4.90 Å². The summed E-state index contributed by atoms with van der Waals surface area (Å²) in [6.07, 6.45) is 4.24. The maximum atomic E-state index is 13.5. The van der Waals surface area contributed by atoms with Crippen LogP contribution in [-0.2, 0) is 14.8 Å². The van der Waals surface area contributed by atoms with E-state index >= 15 is 0 Å². The Bertz CT molecular complexity index is 1240. The van der Waals surface area contributed by atoms with E-state index in [0.717, 1.165) is 28.8 Å². The number of sulfonamides is 1. The minimum absolute atomic E-state index is 0.168. The quantitative estimate of drug-likeness (QED) is 0.361. The molecule has 0 atom stereocenters. The molecule has 4 rings (SSSR count). The molecular formula is C27H28IN3O3S. The zero-order chi connectivity index (χ0) is 24.7. The van der Waals surface area contributed by atoms with Crippen molar-refractivity contribution >= 4 is 50.3 Å². The van der Waals surface area contributed by atoms with Crippen molar-refractivity contribution in [3.05, 3.63) is 100 Å². The molecule has 0 unspecified atom stereocenters. The van der Waals surface area contributed by atoms with E-state index in [1.54, 1.807) is 47.4 Å². The van der Waals surface area contributed by atoms with Crippen LogP contribution in [0.15, 0.2) is 95.9 Å². The van der Waals surface area contributed by atoms with E-state index in [0.29, 0.717) is 18.8 Å². The van der Waals surface area contributed by atoms with Crippen LogP contribution in [0, 0.1) is 3.57 Å². The third-order valence-electron chi connectivity index (χ3n) is 5.92. The van der Waals surface area contributed by atoms with Crippen LogP contribution in [0.5, 0.6) is 0 Å². The zero-order valence-electron chi connectivity index (χ0n) is 19.3. The van der Waals surface area contributed by atoms with Crippen molar-refractivity contribution in [3.63, 3.8) is 0 Å². The summed E-state index contributed by atoms with van der Waals surface area (Å²) in [6.45, 7) is 3.23. The lowest BCUT2D eigenvalue weighted by Crippen LogP contribution is -2.51. The first-order valence-corrected chi connectivity index (χ1v) is 14.0. The number of carbonyl (C=O) groups excluding carboxylic acids is 1. The van der Waals surface area contributed by atoms with E-state index in [1.807, 2.05) is 30.3 Å². The Morgan fingerprint density at radius 1 is 0.857 bits per heavy atom. The molecule has 0 aliphatic carbocycles. The first kappa shape index (κ1) is 25.4. The molecule has 35 heavy (non-hydrogen) atoms. The van der Waals surface area contributed by atoms with E-state index in [1.165, 1.54) is 4.31 Å². The average Bonchev–Trinajstić information content (AvgIpc) is 2.89. The smallest absolute Gasteiger partial charge is 0.264 e. The minimum atomic E-state index is -3.89. The maximum absolute atomic E-state index is 13.5. The van der Waals surface area contributed by atoms with Gasteiger partial charge in [-0.25, -0.2) is 8.42 Å².